The van der Waals surface area contributed by atoms with Gasteiger partial charge in [0.25, 0.3) is 0 Å². The second-order valence-electron chi connectivity index (χ2n) is 9.29. The number of hydrogen-bond acceptors (Lipinski definition) is 5. The Bertz CT molecular complexity index is 1150. The van der Waals surface area contributed by atoms with E-state index in [1.165, 1.54) is 4.90 Å². The maximum absolute atomic E-state index is 13.7. The Morgan fingerprint density at radius 3 is 2.31 bits per heavy atom. The third-order valence-corrected chi connectivity index (χ3v) is 6.78. The first kappa shape index (κ1) is 28.6. The summed E-state index contributed by atoms with van der Waals surface area (Å²) in [7, 11) is -2.23. The number of nitrogens with zero attached hydrogens (tertiary/aromatic N) is 2. The van der Waals surface area contributed by atoms with Gasteiger partial charge in [-0.25, -0.2) is 8.42 Å². The molecule has 1 unspecified atom stereocenters. The van der Waals surface area contributed by atoms with Gasteiger partial charge in [-0.05, 0) is 63.1 Å². The Hall–Kier alpha value is -2.59. The molecule has 0 fully saturated rings. The number of ether oxygens (including phenoxy) is 1. The zero-order valence-electron chi connectivity index (χ0n) is 21.0. The van der Waals surface area contributed by atoms with Crippen LogP contribution in [0.3, 0.4) is 0 Å². The molecule has 10 heteroatoms. The highest BCUT2D eigenvalue weighted by Crippen LogP contribution is 2.24. The third kappa shape index (κ3) is 8.54. The molecule has 0 radical (unpaired) electrons. The quantitative estimate of drug-likeness (QED) is 0.469. The van der Waals surface area contributed by atoms with Crippen molar-refractivity contribution < 1.29 is 22.7 Å². The average molecular weight is 569 g/mol. The normalized spacial score (nSPS) is 12.5. The van der Waals surface area contributed by atoms with Crippen LogP contribution in [0.2, 0.25) is 0 Å². The number of rotatable bonds is 10. The number of benzene rings is 2. The highest BCUT2D eigenvalue weighted by Gasteiger charge is 2.33. The lowest BCUT2D eigenvalue weighted by molar-refractivity contribution is -0.141. The van der Waals surface area contributed by atoms with Crippen LogP contribution < -0.4 is 14.4 Å². The van der Waals surface area contributed by atoms with E-state index in [2.05, 4.69) is 21.2 Å². The maximum atomic E-state index is 13.7. The second kappa shape index (κ2) is 11.9. The van der Waals surface area contributed by atoms with Crippen molar-refractivity contribution in [2.75, 3.05) is 24.2 Å². The summed E-state index contributed by atoms with van der Waals surface area (Å²) >= 11 is 3.35. The van der Waals surface area contributed by atoms with Gasteiger partial charge in [0.15, 0.2) is 0 Å². The molecule has 1 atom stereocenters. The number of halogens is 1. The minimum absolute atomic E-state index is 0.113. The fraction of sp³-hybridized carbons (Fsp3) is 0.440. The highest BCUT2D eigenvalue weighted by atomic mass is 79.9. The summed E-state index contributed by atoms with van der Waals surface area (Å²) < 4.78 is 32.3. The van der Waals surface area contributed by atoms with Crippen molar-refractivity contribution in [3.05, 3.63) is 58.6 Å². The fourth-order valence-corrected chi connectivity index (χ4v) is 4.81. The lowest BCUT2D eigenvalue weighted by Gasteiger charge is -2.34. The highest BCUT2D eigenvalue weighted by molar-refractivity contribution is 9.10. The molecule has 0 spiro atoms. The van der Waals surface area contributed by atoms with Gasteiger partial charge in [-0.2, -0.15) is 0 Å². The fourth-order valence-electron chi connectivity index (χ4n) is 3.58. The molecule has 0 bridgehead atoms. The second-order valence-corrected chi connectivity index (χ2v) is 12.1. The Kier molecular flexibility index (Phi) is 9.74. The number of carbonyl (C=O) groups excluding carboxylic acids is 2. The van der Waals surface area contributed by atoms with E-state index in [-0.39, 0.29) is 12.5 Å². The molecular weight excluding hydrogens is 534 g/mol. The van der Waals surface area contributed by atoms with E-state index < -0.39 is 34.1 Å². The molecule has 2 aromatic rings. The molecule has 1 N–H and O–H groups in total. The molecule has 0 heterocycles. The maximum Gasteiger partial charge on any atom is 0.244 e. The van der Waals surface area contributed by atoms with E-state index in [1.54, 1.807) is 49.6 Å². The van der Waals surface area contributed by atoms with Crippen molar-refractivity contribution in [2.45, 2.75) is 52.2 Å². The van der Waals surface area contributed by atoms with Crippen LogP contribution in [-0.2, 0) is 26.2 Å². The molecule has 0 saturated carbocycles. The van der Waals surface area contributed by atoms with Gasteiger partial charge in [0.1, 0.15) is 18.3 Å². The number of sulfonamides is 1. The van der Waals surface area contributed by atoms with Gasteiger partial charge in [0, 0.05) is 16.6 Å². The number of nitrogens with one attached hydrogen (secondary N) is 1. The van der Waals surface area contributed by atoms with E-state index in [4.69, 9.17) is 4.74 Å². The van der Waals surface area contributed by atoms with Crippen molar-refractivity contribution in [1.82, 2.24) is 10.2 Å². The molecule has 8 nitrogen and oxygen atoms in total. The van der Waals surface area contributed by atoms with Gasteiger partial charge < -0.3 is 15.0 Å². The lowest BCUT2D eigenvalue weighted by Crippen LogP contribution is -2.55. The van der Waals surface area contributed by atoms with Crippen LogP contribution >= 0.6 is 15.9 Å². The van der Waals surface area contributed by atoms with Gasteiger partial charge in [-0.1, -0.05) is 41.1 Å². The largest absolute Gasteiger partial charge is 0.497 e. The summed E-state index contributed by atoms with van der Waals surface area (Å²) in [4.78, 5) is 28.3. The molecule has 0 aliphatic heterocycles. The predicted molar refractivity (Wildman–Crippen MR) is 142 cm³/mol. The van der Waals surface area contributed by atoms with Crippen LogP contribution in [-0.4, -0.2) is 56.6 Å². The minimum atomic E-state index is -3.78. The number of anilines is 1. The van der Waals surface area contributed by atoms with Crippen LogP contribution in [0.5, 0.6) is 5.75 Å². The van der Waals surface area contributed by atoms with Crippen LogP contribution in [0.15, 0.2) is 53.0 Å². The lowest BCUT2D eigenvalue weighted by atomic mass is 10.1. The Morgan fingerprint density at radius 1 is 1.11 bits per heavy atom. The molecule has 0 saturated heterocycles. The van der Waals surface area contributed by atoms with Gasteiger partial charge in [-0.15, -0.1) is 0 Å². The number of amides is 2. The van der Waals surface area contributed by atoms with E-state index in [9.17, 15) is 18.0 Å². The summed E-state index contributed by atoms with van der Waals surface area (Å²) in [5.41, 5.74) is 0.612. The molecule has 35 heavy (non-hydrogen) atoms. The zero-order chi connectivity index (χ0) is 26.4. The molecule has 0 aromatic heterocycles. The first-order valence-corrected chi connectivity index (χ1v) is 13.9. The van der Waals surface area contributed by atoms with Crippen molar-refractivity contribution >= 4 is 43.5 Å². The monoisotopic (exact) mass is 567 g/mol. The molecule has 0 aliphatic rings. The smallest absolute Gasteiger partial charge is 0.244 e. The summed E-state index contributed by atoms with van der Waals surface area (Å²) in [6.45, 7) is 7.08. The SMILES string of the molecule is CCC(C(=O)NC(C)(C)C)N(Cc1cccc(OC)c1)C(=O)CN(c1cccc(Br)c1)S(C)(=O)=O. The van der Waals surface area contributed by atoms with Crippen LogP contribution in [0, 0.1) is 0 Å². The van der Waals surface area contributed by atoms with Crippen molar-refractivity contribution in [3.8, 4) is 5.75 Å². The zero-order valence-corrected chi connectivity index (χ0v) is 23.4. The van der Waals surface area contributed by atoms with Gasteiger partial charge >= 0.3 is 0 Å². The van der Waals surface area contributed by atoms with Crippen LogP contribution in [0.25, 0.3) is 0 Å². The van der Waals surface area contributed by atoms with Gasteiger partial charge in [-0.3, -0.25) is 13.9 Å². The van der Waals surface area contributed by atoms with E-state index in [0.29, 0.717) is 22.3 Å². The van der Waals surface area contributed by atoms with E-state index in [0.717, 1.165) is 16.1 Å². The predicted octanol–water partition coefficient (Wildman–Crippen LogP) is 3.95. The van der Waals surface area contributed by atoms with Crippen molar-refractivity contribution in [3.63, 3.8) is 0 Å². The number of carbonyl (C=O) groups is 2. The summed E-state index contributed by atoms with van der Waals surface area (Å²) in [5.74, 6) is -0.173. The van der Waals surface area contributed by atoms with Gasteiger partial charge in [0.05, 0.1) is 19.1 Å². The first-order chi connectivity index (χ1) is 16.2. The Morgan fingerprint density at radius 2 is 1.77 bits per heavy atom. The summed E-state index contributed by atoms with van der Waals surface area (Å²) in [6.07, 6.45) is 1.41. The van der Waals surface area contributed by atoms with Crippen LogP contribution in [0.4, 0.5) is 5.69 Å². The molecule has 2 rings (SSSR count). The molecule has 0 aliphatic carbocycles. The van der Waals surface area contributed by atoms with E-state index in [1.807, 2.05) is 33.8 Å². The van der Waals surface area contributed by atoms with Crippen molar-refractivity contribution in [2.24, 2.45) is 0 Å². The Balaban J connectivity index is 2.48. The molecular formula is C25H34BrN3O5S. The van der Waals surface area contributed by atoms with Crippen LogP contribution in [0.1, 0.15) is 39.7 Å². The third-order valence-electron chi connectivity index (χ3n) is 5.15. The summed E-state index contributed by atoms with van der Waals surface area (Å²) in [5, 5.41) is 2.94. The van der Waals surface area contributed by atoms with Crippen molar-refractivity contribution in [1.29, 1.82) is 0 Å². The van der Waals surface area contributed by atoms with Gasteiger partial charge in [0.2, 0.25) is 21.8 Å². The average Bonchev–Trinajstić information content (AvgIpc) is 2.75. The Labute approximate surface area is 216 Å². The first-order valence-electron chi connectivity index (χ1n) is 11.2. The number of methoxy groups -OCH3 is 1. The minimum Gasteiger partial charge on any atom is -0.497 e. The standard InChI is InChI=1S/C25H34BrN3O5S/c1-7-22(24(31)27-25(2,3)4)28(16-18-10-8-13-21(14-18)34-5)23(30)17-29(35(6,32)33)20-12-9-11-19(26)15-20/h8-15,22H,7,16-17H2,1-6H3,(H,27,31). The number of hydrogen-bond donors (Lipinski definition) is 1. The topological polar surface area (TPSA) is 96.0 Å². The molecule has 2 amide bonds. The van der Waals surface area contributed by atoms with E-state index >= 15 is 0 Å². The molecule has 2 aromatic carbocycles. The molecule has 192 valence electrons. The summed E-state index contributed by atoms with van der Waals surface area (Å²) in [6, 6.07) is 13.1.